The molecule has 0 fully saturated rings. The standard InChI is InChI=1S/C16H14F3N5OS/c1-3-24-13(10-6-4-5-7-11(10)25-2)22-23-15(24)26-14-20-9-8-12(21-14)16(17,18)19/h4-9H,3H2,1-2H3. The van der Waals surface area contributed by atoms with E-state index in [4.69, 9.17) is 4.74 Å². The van der Waals surface area contributed by atoms with Gasteiger partial charge in [-0.15, -0.1) is 10.2 Å². The van der Waals surface area contributed by atoms with Crippen molar-refractivity contribution >= 4 is 11.8 Å². The number of halogens is 3. The van der Waals surface area contributed by atoms with Crippen molar-refractivity contribution in [3.63, 3.8) is 0 Å². The van der Waals surface area contributed by atoms with Crippen LogP contribution in [0.3, 0.4) is 0 Å². The normalized spacial score (nSPS) is 11.6. The molecule has 1 aromatic carbocycles. The molecule has 3 rings (SSSR count). The quantitative estimate of drug-likeness (QED) is 0.624. The van der Waals surface area contributed by atoms with E-state index >= 15 is 0 Å². The van der Waals surface area contributed by atoms with E-state index in [9.17, 15) is 13.2 Å². The fourth-order valence-electron chi connectivity index (χ4n) is 2.31. The Labute approximate surface area is 151 Å². The Morgan fingerprint density at radius 3 is 2.62 bits per heavy atom. The molecule has 0 aliphatic heterocycles. The van der Waals surface area contributed by atoms with Gasteiger partial charge in [0.15, 0.2) is 16.1 Å². The van der Waals surface area contributed by atoms with Crippen LogP contribution in [0, 0.1) is 0 Å². The summed E-state index contributed by atoms with van der Waals surface area (Å²) in [5.41, 5.74) is -0.260. The van der Waals surface area contributed by atoms with Gasteiger partial charge in [-0.25, -0.2) is 9.97 Å². The molecule has 0 unspecified atom stereocenters. The molecule has 0 N–H and O–H groups in total. The van der Waals surface area contributed by atoms with Gasteiger partial charge >= 0.3 is 6.18 Å². The number of hydrogen-bond acceptors (Lipinski definition) is 6. The van der Waals surface area contributed by atoms with Gasteiger partial charge in [0, 0.05) is 12.7 Å². The highest BCUT2D eigenvalue weighted by molar-refractivity contribution is 7.99. The predicted molar refractivity (Wildman–Crippen MR) is 88.8 cm³/mol. The number of alkyl halides is 3. The Morgan fingerprint density at radius 2 is 1.92 bits per heavy atom. The van der Waals surface area contributed by atoms with Crippen molar-refractivity contribution in [2.45, 2.75) is 30.0 Å². The van der Waals surface area contributed by atoms with E-state index in [0.717, 1.165) is 29.6 Å². The molecule has 0 atom stereocenters. The van der Waals surface area contributed by atoms with Gasteiger partial charge in [0.25, 0.3) is 0 Å². The maximum atomic E-state index is 12.8. The Balaban J connectivity index is 1.97. The second-order valence-corrected chi connectivity index (χ2v) is 6.01. The first kappa shape index (κ1) is 18.2. The predicted octanol–water partition coefficient (Wildman–Crippen LogP) is 3.93. The molecule has 6 nitrogen and oxygen atoms in total. The zero-order valence-electron chi connectivity index (χ0n) is 13.9. The lowest BCUT2D eigenvalue weighted by Gasteiger charge is -2.10. The topological polar surface area (TPSA) is 65.7 Å². The zero-order chi connectivity index (χ0) is 18.7. The minimum absolute atomic E-state index is 0.0477. The SMILES string of the molecule is CCn1c(Sc2nccc(C(F)(F)F)n2)nnc1-c1ccccc1OC. The van der Waals surface area contributed by atoms with Gasteiger partial charge in [-0.1, -0.05) is 12.1 Å². The molecule has 0 amide bonds. The van der Waals surface area contributed by atoms with Gasteiger partial charge in [0.1, 0.15) is 11.4 Å². The van der Waals surface area contributed by atoms with Gasteiger partial charge in [0.2, 0.25) is 0 Å². The largest absolute Gasteiger partial charge is 0.496 e. The molecule has 10 heteroatoms. The molecule has 2 aromatic heterocycles. The number of methoxy groups -OCH3 is 1. The van der Waals surface area contributed by atoms with Crippen LogP contribution >= 0.6 is 11.8 Å². The van der Waals surface area contributed by atoms with Crippen molar-refractivity contribution in [2.75, 3.05) is 7.11 Å². The highest BCUT2D eigenvalue weighted by Crippen LogP contribution is 2.33. The molecule has 136 valence electrons. The first-order valence-electron chi connectivity index (χ1n) is 7.58. The summed E-state index contributed by atoms with van der Waals surface area (Å²) in [6, 6.07) is 8.14. The maximum absolute atomic E-state index is 12.8. The van der Waals surface area contributed by atoms with Gasteiger partial charge < -0.3 is 9.30 Å². The first-order valence-corrected chi connectivity index (χ1v) is 8.40. The van der Waals surface area contributed by atoms with E-state index < -0.39 is 11.9 Å². The van der Waals surface area contributed by atoms with Crippen LogP contribution in [-0.4, -0.2) is 31.8 Å². The molecule has 0 saturated heterocycles. The summed E-state index contributed by atoms with van der Waals surface area (Å²) < 4.78 is 45.6. The van der Waals surface area contributed by atoms with E-state index in [-0.39, 0.29) is 5.16 Å². The number of rotatable bonds is 5. The third kappa shape index (κ3) is 3.64. The Hall–Kier alpha value is -2.62. The van der Waals surface area contributed by atoms with E-state index in [0.29, 0.717) is 23.3 Å². The summed E-state index contributed by atoms with van der Waals surface area (Å²) >= 11 is 0.924. The van der Waals surface area contributed by atoms with Crippen LogP contribution in [0.4, 0.5) is 13.2 Å². The summed E-state index contributed by atoms with van der Waals surface area (Å²) in [7, 11) is 1.55. The van der Waals surface area contributed by atoms with E-state index in [1.807, 2.05) is 25.1 Å². The maximum Gasteiger partial charge on any atom is 0.433 e. The summed E-state index contributed by atoms with van der Waals surface area (Å²) in [6.45, 7) is 2.40. The summed E-state index contributed by atoms with van der Waals surface area (Å²) in [4.78, 5) is 7.44. The highest BCUT2D eigenvalue weighted by Gasteiger charge is 2.33. The van der Waals surface area contributed by atoms with Gasteiger partial charge in [0.05, 0.1) is 12.7 Å². The number of para-hydroxylation sites is 1. The van der Waals surface area contributed by atoms with Crippen molar-refractivity contribution in [3.8, 4) is 17.1 Å². The van der Waals surface area contributed by atoms with Crippen LogP contribution in [0.2, 0.25) is 0 Å². The van der Waals surface area contributed by atoms with Gasteiger partial charge in [-0.3, -0.25) is 0 Å². The van der Waals surface area contributed by atoms with E-state index in [2.05, 4.69) is 20.2 Å². The van der Waals surface area contributed by atoms with Crippen LogP contribution in [0.1, 0.15) is 12.6 Å². The van der Waals surface area contributed by atoms with Crippen molar-refractivity contribution in [1.29, 1.82) is 0 Å². The van der Waals surface area contributed by atoms with Crippen LogP contribution in [0.15, 0.2) is 46.8 Å². The van der Waals surface area contributed by atoms with Crippen LogP contribution in [0.5, 0.6) is 5.75 Å². The molecular weight excluding hydrogens is 367 g/mol. The van der Waals surface area contributed by atoms with Crippen molar-refractivity contribution < 1.29 is 17.9 Å². The number of benzene rings is 1. The molecule has 2 heterocycles. The zero-order valence-corrected chi connectivity index (χ0v) is 14.7. The third-order valence-electron chi connectivity index (χ3n) is 3.49. The summed E-state index contributed by atoms with van der Waals surface area (Å²) in [5.74, 6) is 1.18. The lowest BCUT2D eigenvalue weighted by atomic mass is 10.2. The van der Waals surface area contributed by atoms with Crippen molar-refractivity contribution in [1.82, 2.24) is 24.7 Å². The third-order valence-corrected chi connectivity index (χ3v) is 4.35. The second kappa shape index (κ2) is 7.32. The smallest absolute Gasteiger partial charge is 0.433 e. The Bertz CT molecular complexity index is 913. The first-order chi connectivity index (χ1) is 12.4. The van der Waals surface area contributed by atoms with Crippen molar-refractivity contribution in [2.24, 2.45) is 0 Å². The number of hydrogen-bond donors (Lipinski definition) is 0. The Morgan fingerprint density at radius 1 is 1.15 bits per heavy atom. The number of ether oxygens (including phenoxy) is 1. The minimum Gasteiger partial charge on any atom is -0.496 e. The van der Waals surface area contributed by atoms with E-state index in [1.54, 1.807) is 17.7 Å². The molecule has 26 heavy (non-hydrogen) atoms. The summed E-state index contributed by atoms with van der Waals surface area (Å²) in [5, 5.41) is 8.60. The lowest BCUT2D eigenvalue weighted by Crippen LogP contribution is -2.09. The van der Waals surface area contributed by atoms with Crippen LogP contribution in [-0.2, 0) is 12.7 Å². The average molecular weight is 381 g/mol. The molecule has 0 spiro atoms. The van der Waals surface area contributed by atoms with E-state index in [1.165, 1.54) is 0 Å². The molecule has 0 aliphatic rings. The Kier molecular flexibility index (Phi) is 5.12. The summed E-state index contributed by atoms with van der Waals surface area (Å²) in [6.07, 6.45) is -3.45. The van der Waals surface area contributed by atoms with Crippen LogP contribution in [0.25, 0.3) is 11.4 Å². The highest BCUT2D eigenvalue weighted by atomic mass is 32.2. The molecule has 0 saturated carbocycles. The molecular formula is C16H14F3N5OS. The molecule has 0 aliphatic carbocycles. The second-order valence-electron chi connectivity index (χ2n) is 5.07. The monoisotopic (exact) mass is 381 g/mol. The minimum atomic E-state index is -4.53. The number of aromatic nitrogens is 5. The fourth-order valence-corrected chi connectivity index (χ4v) is 3.14. The number of nitrogens with zero attached hydrogens (tertiary/aromatic N) is 5. The molecule has 0 radical (unpaired) electrons. The molecule has 0 bridgehead atoms. The molecule has 3 aromatic rings. The van der Waals surface area contributed by atoms with Gasteiger partial charge in [-0.2, -0.15) is 13.2 Å². The average Bonchev–Trinajstić information content (AvgIpc) is 3.03. The fraction of sp³-hybridized carbons (Fsp3) is 0.250. The van der Waals surface area contributed by atoms with Crippen molar-refractivity contribution in [3.05, 3.63) is 42.2 Å². The lowest BCUT2D eigenvalue weighted by molar-refractivity contribution is -0.141. The van der Waals surface area contributed by atoms with Gasteiger partial charge in [-0.05, 0) is 36.9 Å². The van der Waals surface area contributed by atoms with Crippen LogP contribution < -0.4 is 4.74 Å².